The van der Waals surface area contributed by atoms with Gasteiger partial charge in [-0.2, -0.15) is 0 Å². The van der Waals surface area contributed by atoms with Crippen LogP contribution in [0.15, 0.2) is 36.8 Å². The second-order valence-corrected chi connectivity index (χ2v) is 5.18. The van der Waals surface area contributed by atoms with Crippen molar-refractivity contribution in [3.8, 4) is 0 Å². The molecule has 0 radical (unpaired) electrons. The van der Waals surface area contributed by atoms with E-state index in [4.69, 9.17) is 0 Å². The Morgan fingerprint density at radius 1 is 1.37 bits per heavy atom. The fourth-order valence-electron chi connectivity index (χ4n) is 2.28. The summed E-state index contributed by atoms with van der Waals surface area (Å²) in [5.41, 5.74) is 2.32. The normalized spacial score (nSPS) is 16.5. The molecule has 1 aliphatic carbocycles. The average molecular weight is 259 g/mol. The van der Waals surface area contributed by atoms with Crippen molar-refractivity contribution < 1.29 is 4.39 Å². The van der Waals surface area contributed by atoms with Gasteiger partial charge < -0.3 is 9.88 Å². The summed E-state index contributed by atoms with van der Waals surface area (Å²) in [6.45, 7) is 2.88. The van der Waals surface area contributed by atoms with Gasteiger partial charge in [0.05, 0.1) is 12.0 Å². The Morgan fingerprint density at radius 2 is 2.11 bits per heavy atom. The lowest BCUT2D eigenvalue weighted by atomic mass is 10.1. The van der Waals surface area contributed by atoms with Crippen LogP contribution in [0.5, 0.6) is 0 Å². The molecule has 1 saturated carbocycles. The van der Waals surface area contributed by atoms with E-state index in [2.05, 4.69) is 21.8 Å². The van der Waals surface area contributed by atoms with Crippen molar-refractivity contribution in [3.05, 3.63) is 53.9 Å². The van der Waals surface area contributed by atoms with E-state index < -0.39 is 0 Å². The molecular weight excluding hydrogens is 241 g/mol. The standard InChI is InChI=1S/C15H18FN3/c1-11(12-2-4-13(16)5-3-12)18-9-15-8-17-10-19(15)14-6-7-14/h2-5,8,10-11,14,18H,6-7,9H2,1H3/t11-/m1/s1. The first kappa shape index (κ1) is 12.4. The Balaban J connectivity index is 1.62. The smallest absolute Gasteiger partial charge is 0.123 e. The number of halogens is 1. The van der Waals surface area contributed by atoms with Gasteiger partial charge in [0, 0.05) is 24.8 Å². The monoisotopic (exact) mass is 259 g/mol. The van der Waals surface area contributed by atoms with Gasteiger partial charge in [-0.3, -0.25) is 0 Å². The minimum atomic E-state index is -0.192. The highest BCUT2D eigenvalue weighted by Crippen LogP contribution is 2.35. The van der Waals surface area contributed by atoms with Crippen LogP contribution in [-0.4, -0.2) is 9.55 Å². The number of nitrogens with zero attached hydrogens (tertiary/aromatic N) is 2. The summed E-state index contributed by atoms with van der Waals surface area (Å²) in [6, 6.07) is 7.50. The Labute approximate surface area is 112 Å². The zero-order chi connectivity index (χ0) is 13.2. The van der Waals surface area contributed by atoms with Gasteiger partial charge in [0.25, 0.3) is 0 Å². The summed E-state index contributed by atoms with van der Waals surface area (Å²) in [7, 11) is 0. The van der Waals surface area contributed by atoms with Crippen molar-refractivity contribution in [2.75, 3.05) is 0 Å². The van der Waals surface area contributed by atoms with E-state index in [1.807, 2.05) is 24.7 Å². The number of hydrogen-bond acceptors (Lipinski definition) is 2. The molecule has 1 heterocycles. The highest BCUT2D eigenvalue weighted by Gasteiger charge is 2.25. The van der Waals surface area contributed by atoms with E-state index in [9.17, 15) is 4.39 Å². The van der Waals surface area contributed by atoms with E-state index in [1.165, 1.54) is 30.7 Å². The van der Waals surface area contributed by atoms with Gasteiger partial charge in [-0.25, -0.2) is 9.37 Å². The Kier molecular flexibility index (Phi) is 3.34. The van der Waals surface area contributed by atoms with Crippen molar-refractivity contribution in [1.82, 2.24) is 14.9 Å². The third-order valence-electron chi connectivity index (χ3n) is 3.65. The predicted molar refractivity (Wildman–Crippen MR) is 72.2 cm³/mol. The molecule has 3 nitrogen and oxygen atoms in total. The van der Waals surface area contributed by atoms with Crippen molar-refractivity contribution in [1.29, 1.82) is 0 Å². The molecule has 0 unspecified atom stereocenters. The van der Waals surface area contributed by atoms with Crippen molar-refractivity contribution in [2.24, 2.45) is 0 Å². The van der Waals surface area contributed by atoms with Crippen molar-refractivity contribution in [2.45, 2.75) is 38.4 Å². The van der Waals surface area contributed by atoms with Crippen LogP contribution >= 0.6 is 0 Å². The molecule has 0 bridgehead atoms. The first-order valence-corrected chi connectivity index (χ1v) is 6.73. The molecule has 3 rings (SSSR count). The van der Waals surface area contributed by atoms with Gasteiger partial charge in [-0.15, -0.1) is 0 Å². The van der Waals surface area contributed by atoms with Crippen molar-refractivity contribution >= 4 is 0 Å². The number of rotatable bonds is 5. The van der Waals surface area contributed by atoms with Gasteiger partial charge in [0.2, 0.25) is 0 Å². The van der Waals surface area contributed by atoms with Gasteiger partial charge in [0.1, 0.15) is 5.82 Å². The third kappa shape index (κ3) is 2.84. The summed E-state index contributed by atoms with van der Waals surface area (Å²) in [6.07, 6.45) is 6.35. The highest BCUT2D eigenvalue weighted by molar-refractivity contribution is 5.19. The quantitative estimate of drug-likeness (QED) is 0.893. The Hall–Kier alpha value is -1.68. The fraction of sp³-hybridized carbons (Fsp3) is 0.400. The molecule has 4 heteroatoms. The fourth-order valence-corrected chi connectivity index (χ4v) is 2.28. The minimum Gasteiger partial charge on any atom is -0.330 e. The molecule has 2 aromatic rings. The lowest BCUT2D eigenvalue weighted by molar-refractivity contribution is 0.545. The van der Waals surface area contributed by atoms with Gasteiger partial charge in [0.15, 0.2) is 0 Å². The lowest BCUT2D eigenvalue weighted by Crippen LogP contribution is -2.19. The topological polar surface area (TPSA) is 29.9 Å². The first-order chi connectivity index (χ1) is 9.24. The molecular formula is C15H18FN3. The molecule has 19 heavy (non-hydrogen) atoms. The van der Waals surface area contributed by atoms with Gasteiger partial charge in [-0.05, 0) is 37.5 Å². The minimum absolute atomic E-state index is 0.192. The zero-order valence-electron chi connectivity index (χ0n) is 11.0. The van der Waals surface area contributed by atoms with Crippen LogP contribution < -0.4 is 5.32 Å². The Morgan fingerprint density at radius 3 is 2.79 bits per heavy atom. The van der Waals surface area contributed by atoms with E-state index >= 15 is 0 Å². The maximum atomic E-state index is 12.9. The van der Waals surface area contributed by atoms with Crippen LogP contribution in [0, 0.1) is 5.82 Å². The molecule has 1 aliphatic rings. The first-order valence-electron chi connectivity index (χ1n) is 6.73. The summed E-state index contributed by atoms with van der Waals surface area (Å²) >= 11 is 0. The molecule has 1 atom stereocenters. The summed E-state index contributed by atoms with van der Waals surface area (Å²) < 4.78 is 15.1. The van der Waals surface area contributed by atoms with Crippen LogP contribution in [0.2, 0.25) is 0 Å². The maximum absolute atomic E-state index is 12.9. The molecule has 1 fully saturated rings. The molecule has 0 aliphatic heterocycles. The zero-order valence-corrected chi connectivity index (χ0v) is 11.0. The third-order valence-corrected chi connectivity index (χ3v) is 3.65. The number of nitrogens with one attached hydrogen (secondary N) is 1. The molecule has 0 spiro atoms. The second kappa shape index (κ2) is 5.13. The van der Waals surface area contributed by atoms with E-state index in [-0.39, 0.29) is 11.9 Å². The van der Waals surface area contributed by atoms with Crippen LogP contribution in [0.25, 0.3) is 0 Å². The molecule has 1 aromatic carbocycles. The molecule has 0 saturated heterocycles. The SMILES string of the molecule is C[C@@H](NCc1cncn1C1CC1)c1ccc(F)cc1. The number of imidazole rings is 1. The van der Waals surface area contributed by atoms with Crippen LogP contribution in [0.3, 0.4) is 0 Å². The number of aromatic nitrogens is 2. The summed E-state index contributed by atoms with van der Waals surface area (Å²) in [5, 5.41) is 3.46. The van der Waals surface area contributed by atoms with Crippen molar-refractivity contribution in [3.63, 3.8) is 0 Å². The molecule has 0 amide bonds. The number of hydrogen-bond donors (Lipinski definition) is 1. The molecule has 100 valence electrons. The van der Waals surface area contributed by atoms with Gasteiger partial charge in [-0.1, -0.05) is 12.1 Å². The number of benzene rings is 1. The lowest BCUT2D eigenvalue weighted by Gasteiger charge is -2.15. The molecule has 1 N–H and O–H groups in total. The highest BCUT2D eigenvalue weighted by atomic mass is 19.1. The van der Waals surface area contributed by atoms with Gasteiger partial charge >= 0.3 is 0 Å². The van der Waals surface area contributed by atoms with E-state index in [0.29, 0.717) is 6.04 Å². The average Bonchev–Trinajstić information content (AvgIpc) is 3.16. The summed E-state index contributed by atoms with van der Waals surface area (Å²) in [4.78, 5) is 4.22. The Bertz CT molecular complexity index is 543. The maximum Gasteiger partial charge on any atom is 0.123 e. The van der Waals surface area contributed by atoms with Crippen LogP contribution in [0.1, 0.15) is 43.1 Å². The molecule has 1 aromatic heterocycles. The van der Waals surface area contributed by atoms with E-state index in [0.717, 1.165) is 12.1 Å². The van der Waals surface area contributed by atoms with Crippen LogP contribution in [0.4, 0.5) is 4.39 Å². The van der Waals surface area contributed by atoms with E-state index in [1.54, 1.807) is 0 Å². The second-order valence-electron chi connectivity index (χ2n) is 5.18. The predicted octanol–water partition coefficient (Wildman–Crippen LogP) is 3.21. The summed E-state index contributed by atoms with van der Waals surface area (Å²) in [5.74, 6) is -0.192. The van der Waals surface area contributed by atoms with Crippen LogP contribution in [-0.2, 0) is 6.54 Å². The largest absolute Gasteiger partial charge is 0.330 e.